The second-order valence-corrected chi connectivity index (χ2v) is 4.53. The van der Waals surface area contributed by atoms with Gasteiger partial charge in [-0.3, -0.25) is 0 Å². The van der Waals surface area contributed by atoms with E-state index in [1.54, 1.807) is 0 Å². The van der Waals surface area contributed by atoms with E-state index < -0.39 is 0 Å². The van der Waals surface area contributed by atoms with Crippen molar-refractivity contribution in [3.63, 3.8) is 0 Å². The largest absolute Gasteiger partial charge is 0.392 e. The summed E-state index contributed by atoms with van der Waals surface area (Å²) in [4.78, 5) is 0. The molecule has 0 aromatic heterocycles. The molecule has 0 aliphatic heterocycles. The first-order valence-corrected chi connectivity index (χ1v) is 6.09. The van der Waals surface area contributed by atoms with Gasteiger partial charge in [-0.25, -0.2) is 0 Å². The van der Waals surface area contributed by atoms with Gasteiger partial charge in [-0.05, 0) is 24.0 Å². The lowest BCUT2D eigenvalue weighted by molar-refractivity contribution is 0.282. The summed E-state index contributed by atoms with van der Waals surface area (Å²) in [7, 11) is 0. The zero-order valence-electron chi connectivity index (χ0n) is 10.5. The van der Waals surface area contributed by atoms with Crippen LogP contribution >= 0.6 is 0 Å². The molecule has 2 heteroatoms. The number of nitrogens with one attached hydrogen (secondary N) is 1. The summed E-state index contributed by atoms with van der Waals surface area (Å²) < 4.78 is 0. The topological polar surface area (TPSA) is 32.3 Å². The number of aliphatic hydroxyl groups is 1. The van der Waals surface area contributed by atoms with Gasteiger partial charge in [0.15, 0.2) is 0 Å². The lowest BCUT2D eigenvalue weighted by atomic mass is 10.0. The molecule has 2 nitrogen and oxygen atoms in total. The molecule has 16 heavy (non-hydrogen) atoms. The van der Waals surface area contributed by atoms with Gasteiger partial charge in [0.2, 0.25) is 0 Å². The zero-order chi connectivity index (χ0) is 12.0. The van der Waals surface area contributed by atoms with Crippen molar-refractivity contribution in [2.24, 2.45) is 5.92 Å². The average molecular weight is 221 g/mol. The maximum Gasteiger partial charge on any atom is 0.0681 e. The lowest BCUT2D eigenvalue weighted by Gasteiger charge is -2.19. The third-order valence-electron chi connectivity index (χ3n) is 3.33. The van der Waals surface area contributed by atoms with Crippen molar-refractivity contribution in [1.82, 2.24) is 5.32 Å². The molecule has 0 heterocycles. The van der Waals surface area contributed by atoms with Crippen LogP contribution in [0.1, 0.15) is 38.3 Å². The molecule has 0 radical (unpaired) electrons. The molecule has 0 saturated heterocycles. The van der Waals surface area contributed by atoms with Crippen LogP contribution in [0.3, 0.4) is 0 Å². The summed E-state index contributed by atoms with van der Waals surface area (Å²) in [5, 5.41) is 12.5. The molecule has 90 valence electrons. The van der Waals surface area contributed by atoms with Gasteiger partial charge in [0, 0.05) is 12.6 Å². The molecule has 0 spiro atoms. The van der Waals surface area contributed by atoms with Crippen molar-refractivity contribution in [3.05, 3.63) is 35.4 Å². The molecular weight excluding hydrogens is 198 g/mol. The van der Waals surface area contributed by atoms with E-state index in [9.17, 15) is 0 Å². The number of benzene rings is 1. The van der Waals surface area contributed by atoms with E-state index in [1.807, 2.05) is 12.1 Å². The Hall–Kier alpha value is -0.860. The molecule has 2 N–H and O–H groups in total. The van der Waals surface area contributed by atoms with Crippen LogP contribution in [-0.4, -0.2) is 11.1 Å². The Morgan fingerprint density at radius 3 is 2.19 bits per heavy atom. The highest BCUT2D eigenvalue weighted by molar-refractivity contribution is 5.21. The average Bonchev–Trinajstić information content (AvgIpc) is 2.35. The maximum absolute atomic E-state index is 8.94. The van der Waals surface area contributed by atoms with E-state index in [0.717, 1.165) is 12.1 Å². The van der Waals surface area contributed by atoms with Gasteiger partial charge in [0.1, 0.15) is 0 Å². The highest BCUT2D eigenvalue weighted by Crippen LogP contribution is 2.09. The van der Waals surface area contributed by atoms with Crippen LogP contribution in [0, 0.1) is 5.92 Å². The van der Waals surface area contributed by atoms with Gasteiger partial charge < -0.3 is 10.4 Å². The number of aliphatic hydroxyl groups excluding tert-OH is 1. The first-order valence-electron chi connectivity index (χ1n) is 6.09. The van der Waals surface area contributed by atoms with Crippen molar-refractivity contribution in [3.8, 4) is 0 Å². The van der Waals surface area contributed by atoms with Gasteiger partial charge in [0.25, 0.3) is 0 Å². The Morgan fingerprint density at radius 1 is 1.12 bits per heavy atom. The van der Waals surface area contributed by atoms with Gasteiger partial charge in [-0.2, -0.15) is 0 Å². The fourth-order valence-electron chi connectivity index (χ4n) is 1.60. The molecule has 0 fully saturated rings. The van der Waals surface area contributed by atoms with Crippen molar-refractivity contribution in [2.75, 3.05) is 0 Å². The van der Waals surface area contributed by atoms with Crippen molar-refractivity contribution in [2.45, 2.75) is 46.4 Å². The molecule has 1 rings (SSSR count). The maximum atomic E-state index is 8.94. The molecular formula is C14H23NO. The molecule has 1 aromatic carbocycles. The quantitative estimate of drug-likeness (QED) is 0.774. The Balaban J connectivity index is 2.42. The van der Waals surface area contributed by atoms with Crippen molar-refractivity contribution in [1.29, 1.82) is 0 Å². The molecule has 0 saturated carbocycles. The minimum Gasteiger partial charge on any atom is -0.392 e. The highest BCUT2D eigenvalue weighted by Gasteiger charge is 2.08. The Bertz CT molecular complexity index is 294. The van der Waals surface area contributed by atoms with E-state index in [4.69, 9.17) is 5.11 Å². The Kier molecular flexibility index (Phi) is 5.50. The van der Waals surface area contributed by atoms with Crippen LogP contribution in [0.25, 0.3) is 0 Å². The summed E-state index contributed by atoms with van der Waals surface area (Å²) in [6, 6.07) is 8.64. The van der Waals surface area contributed by atoms with Crippen molar-refractivity contribution < 1.29 is 5.11 Å². The van der Waals surface area contributed by atoms with E-state index in [1.165, 1.54) is 12.0 Å². The predicted molar refractivity (Wildman–Crippen MR) is 68.1 cm³/mol. The Labute approximate surface area is 98.7 Å². The summed E-state index contributed by atoms with van der Waals surface area (Å²) in [5.41, 5.74) is 2.24. The SMILES string of the molecule is CCC(C)C(C)NCc1ccc(CO)cc1. The predicted octanol–water partition coefficient (Wildman–Crippen LogP) is 2.70. The van der Waals surface area contributed by atoms with E-state index in [-0.39, 0.29) is 6.61 Å². The minimum atomic E-state index is 0.122. The highest BCUT2D eigenvalue weighted by atomic mass is 16.3. The van der Waals surface area contributed by atoms with Crippen LogP contribution in [0.5, 0.6) is 0 Å². The molecule has 1 aromatic rings. The fraction of sp³-hybridized carbons (Fsp3) is 0.571. The summed E-state index contributed by atoms with van der Waals surface area (Å²) in [6.07, 6.45) is 1.21. The first-order chi connectivity index (χ1) is 7.67. The standard InChI is InChI=1S/C14H23NO/c1-4-11(2)12(3)15-9-13-5-7-14(10-16)8-6-13/h5-8,11-12,15-16H,4,9-10H2,1-3H3. The monoisotopic (exact) mass is 221 g/mol. The third-order valence-corrected chi connectivity index (χ3v) is 3.33. The van der Waals surface area contributed by atoms with Crippen LogP contribution in [0.2, 0.25) is 0 Å². The summed E-state index contributed by atoms with van der Waals surface area (Å²) >= 11 is 0. The van der Waals surface area contributed by atoms with Crippen LogP contribution in [0.4, 0.5) is 0 Å². The second kappa shape index (κ2) is 6.66. The van der Waals surface area contributed by atoms with E-state index in [2.05, 4.69) is 38.2 Å². The second-order valence-electron chi connectivity index (χ2n) is 4.53. The minimum absolute atomic E-state index is 0.122. The van der Waals surface area contributed by atoms with Gasteiger partial charge in [0.05, 0.1) is 6.61 Å². The van der Waals surface area contributed by atoms with Crippen LogP contribution in [-0.2, 0) is 13.2 Å². The lowest BCUT2D eigenvalue weighted by Crippen LogP contribution is -2.31. The van der Waals surface area contributed by atoms with E-state index in [0.29, 0.717) is 12.0 Å². The van der Waals surface area contributed by atoms with Crippen LogP contribution < -0.4 is 5.32 Å². The summed E-state index contributed by atoms with van der Waals surface area (Å²) in [5.74, 6) is 0.705. The number of rotatable bonds is 6. The van der Waals surface area contributed by atoms with Gasteiger partial charge in [-0.15, -0.1) is 0 Å². The normalized spacial score (nSPS) is 14.8. The number of hydrogen-bond donors (Lipinski definition) is 2. The van der Waals surface area contributed by atoms with Gasteiger partial charge >= 0.3 is 0 Å². The summed E-state index contributed by atoms with van der Waals surface area (Å²) in [6.45, 7) is 7.75. The third kappa shape index (κ3) is 3.95. The molecule has 0 aliphatic carbocycles. The molecule has 2 unspecified atom stereocenters. The zero-order valence-corrected chi connectivity index (χ0v) is 10.5. The molecule has 2 atom stereocenters. The molecule has 0 aliphatic rings. The Morgan fingerprint density at radius 2 is 1.69 bits per heavy atom. The van der Waals surface area contributed by atoms with Crippen LogP contribution in [0.15, 0.2) is 24.3 Å². The molecule has 0 bridgehead atoms. The van der Waals surface area contributed by atoms with Gasteiger partial charge in [-0.1, -0.05) is 44.5 Å². The number of hydrogen-bond acceptors (Lipinski definition) is 2. The fourth-order valence-corrected chi connectivity index (χ4v) is 1.60. The van der Waals surface area contributed by atoms with Crippen molar-refractivity contribution >= 4 is 0 Å². The smallest absolute Gasteiger partial charge is 0.0681 e. The van der Waals surface area contributed by atoms with E-state index >= 15 is 0 Å². The first kappa shape index (κ1) is 13.2. The molecule has 0 amide bonds.